The Kier molecular flexibility index (Phi) is 7.38. The third-order valence-electron chi connectivity index (χ3n) is 6.42. The summed E-state index contributed by atoms with van der Waals surface area (Å²) in [6, 6.07) is 9.60. The molecule has 4 heterocycles. The smallest absolute Gasteiger partial charge is 0.422 e. The molecule has 1 saturated heterocycles. The number of furan rings is 1. The monoisotopic (exact) mass is 535 g/mol. The van der Waals surface area contributed by atoms with Gasteiger partial charge in [-0.15, -0.1) is 0 Å². The molecule has 0 aliphatic carbocycles. The molecule has 10 heteroatoms. The number of morpholine rings is 1. The maximum atomic E-state index is 14.6. The number of nitrogens with zero attached hydrogens (tertiary/aromatic N) is 5. The molecular weight excluding hydrogens is 507 g/mol. The lowest BCUT2D eigenvalue weighted by Crippen LogP contribution is -2.37. The van der Waals surface area contributed by atoms with E-state index in [9.17, 15) is 13.2 Å². The number of benzene rings is 1. The molecule has 7 nitrogen and oxygen atoms in total. The van der Waals surface area contributed by atoms with Gasteiger partial charge in [-0.05, 0) is 31.1 Å². The van der Waals surface area contributed by atoms with E-state index in [4.69, 9.17) is 9.15 Å². The predicted octanol–water partition coefficient (Wildman–Crippen LogP) is 6.77. The number of hydrogen-bond acceptors (Lipinski definition) is 6. The highest BCUT2D eigenvalue weighted by Gasteiger charge is 2.41. The van der Waals surface area contributed by atoms with Gasteiger partial charge < -0.3 is 14.1 Å². The molecule has 3 aromatic heterocycles. The first kappa shape index (κ1) is 26.4. The van der Waals surface area contributed by atoms with Crippen molar-refractivity contribution in [3.8, 4) is 17.2 Å². The van der Waals surface area contributed by atoms with Crippen molar-refractivity contribution in [1.29, 1.82) is 0 Å². The number of anilines is 1. The summed E-state index contributed by atoms with van der Waals surface area (Å²) in [4.78, 5) is 10.9. The summed E-state index contributed by atoms with van der Waals surface area (Å²) in [5.74, 6) is 0.0321. The standard InChI is InChI=1S/C29H28F3N5O2/c1-4-6-7-10-20(5-2)25-23(29(30,31)32)24-26(39-25)27(36-14-16-38-17-15-36)34-28(33-24)37-13-12-22(35-37)21-11-8-9-19(3)18-21/h4,6-13,18H,1,5,14-17H2,2-3H3/b7-6-,20-10+. The Bertz CT molecular complexity index is 1560. The van der Waals surface area contributed by atoms with Gasteiger partial charge in [-0.3, -0.25) is 0 Å². The molecule has 0 spiro atoms. The summed E-state index contributed by atoms with van der Waals surface area (Å²) in [6.07, 6.45) is 3.67. The minimum atomic E-state index is -4.72. The van der Waals surface area contributed by atoms with E-state index in [-0.39, 0.29) is 28.6 Å². The summed E-state index contributed by atoms with van der Waals surface area (Å²) in [6.45, 7) is 9.12. The molecule has 0 bridgehead atoms. The number of aryl methyl sites for hydroxylation is 1. The van der Waals surface area contributed by atoms with Crippen molar-refractivity contribution in [2.75, 3.05) is 31.2 Å². The lowest BCUT2D eigenvalue weighted by molar-refractivity contribution is -0.137. The summed E-state index contributed by atoms with van der Waals surface area (Å²) in [5.41, 5.74) is 1.75. The summed E-state index contributed by atoms with van der Waals surface area (Å²) < 4.78 is 56.7. The van der Waals surface area contributed by atoms with Gasteiger partial charge in [0.15, 0.2) is 11.4 Å². The van der Waals surface area contributed by atoms with Crippen molar-refractivity contribution in [3.63, 3.8) is 0 Å². The Balaban J connectivity index is 1.74. The van der Waals surface area contributed by atoms with Crippen LogP contribution in [0.5, 0.6) is 0 Å². The quantitative estimate of drug-likeness (QED) is 0.243. The number of halogens is 3. The zero-order valence-electron chi connectivity index (χ0n) is 21.7. The van der Waals surface area contributed by atoms with Crippen LogP contribution in [0.15, 0.2) is 71.8 Å². The van der Waals surface area contributed by atoms with Gasteiger partial charge in [-0.1, -0.05) is 61.6 Å². The fourth-order valence-electron chi connectivity index (χ4n) is 4.53. The number of ether oxygens (including phenoxy) is 1. The van der Waals surface area contributed by atoms with Crippen molar-refractivity contribution in [2.45, 2.75) is 26.4 Å². The Hall–Kier alpha value is -4.18. The minimum absolute atomic E-state index is 0.0129. The fourth-order valence-corrected chi connectivity index (χ4v) is 4.53. The molecule has 0 N–H and O–H groups in total. The van der Waals surface area contributed by atoms with Crippen molar-refractivity contribution >= 4 is 22.5 Å². The van der Waals surface area contributed by atoms with Gasteiger partial charge in [0.2, 0.25) is 0 Å². The molecule has 0 atom stereocenters. The first-order chi connectivity index (χ1) is 18.8. The third-order valence-corrected chi connectivity index (χ3v) is 6.42. The maximum Gasteiger partial charge on any atom is 0.422 e. The molecule has 0 saturated carbocycles. The highest BCUT2D eigenvalue weighted by molar-refractivity contribution is 5.92. The number of alkyl halides is 3. The lowest BCUT2D eigenvalue weighted by atomic mass is 10.0. The first-order valence-corrected chi connectivity index (χ1v) is 12.7. The number of hydrogen-bond donors (Lipinski definition) is 0. The van der Waals surface area contributed by atoms with Gasteiger partial charge in [0, 0.05) is 24.8 Å². The molecule has 0 radical (unpaired) electrons. The van der Waals surface area contributed by atoms with Crippen LogP contribution in [0.3, 0.4) is 0 Å². The number of aromatic nitrogens is 4. The normalized spacial score (nSPS) is 15.0. The predicted molar refractivity (Wildman–Crippen MR) is 145 cm³/mol. The Labute approximate surface area is 223 Å². The number of rotatable bonds is 7. The van der Waals surface area contributed by atoms with Crippen LogP contribution in [0.4, 0.5) is 19.0 Å². The summed E-state index contributed by atoms with van der Waals surface area (Å²) >= 11 is 0. The van der Waals surface area contributed by atoms with Gasteiger partial charge >= 0.3 is 6.18 Å². The van der Waals surface area contributed by atoms with E-state index in [1.54, 1.807) is 43.5 Å². The van der Waals surface area contributed by atoms with Gasteiger partial charge in [-0.25, -0.2) is 9.67 Å². The van der Waals surface area contributed by atoms with Crippen LogP contribution in [0.1, 0.15) is 30.2 Å². The van der Waals surface area contributed by atoms with Crippen molar-refractivity contribution < 1.29 is 22.3 Å². The van der Waals surface area contributed by atoms with E-state index in [2.05, 4.69) is 21.6 Å². The highest BCUT2D eigenvalue weighted by atomic mass is 19.4. The van der Waals surface area contributed by atoms with Gasteiger partial charge in [0.1, 0.15) is 16.8 Å². The molecule has 1 aliphatic rings. The maximum absolute atomic E-state index is 14.6. The van der Waals surface area contributed by atoms with Crippen molar-refractivity contribution in [2.24, 2.45) is 0 Å². The highest BCUT2D eigenvalue weighted by Crippen LogP contribution is 2.44. The largest absolute Gasteiger partial charge is 0.450 e. The van der Waals surface area contributed by atoms with Gasteiger partial charge in [-0.2, -0.15) is 23.3 Å². The average Bonchev–Trinajstić information content (AvgIpc) is 3.57. The molecule has 1 aliphatic heterocycles. The Morgan fingerprint density at radius 1 is 1.13 bits per heavy atom. The van der Waals surface area contributed by atoms with E-state index >= 15 is 0 Å². The molecular formula is C29H28F3N5O2. The zero-order chi connectivity index (χ0) is 27.6. The fraction of sp³-hybridized carbons (Fsp3) is 0.276. The second-order valence-electron chi connectivity index (χ2n) is 9.11. The van der Waals surface area contributed by atoms with Crippen LogP contribution in [0, 0.1) is 6.92 Å². The molecule has 0 unspecified atom stereocenters. The van der Waals surface area contributed by atoms with Gasteiger partial charge in [0.05, 0.1) is 18.9 Å². The zero-order valence-corrected chi connectivity index (χ0v) is 21.7. The first-order valence-electron chi connectivity index (χ1n) is 12.7. The van der Waals surface area contributed by atoms with Crippen LogP contribution in [-0.4, -0.2) is 46.1 Å². The molecule has 5 rings (SSSR count). The number of allylic oxidation sites excluding steroid dienone is 5. The Morgan fingerprint density at radius 2 is 1.92 bits per heavy atom. The average molecular weight is 536 g/mol. The summed E-state index contributed by atoms with van der Waals surface area (Å²) in [7, 11) is 0. The van der Waals surface area contributed by atoms with E-state index < -0.39 is 11.7 Å². The SMILES string of the molecule is C=C/C=C\C=C(/CC)c1oc2c(N3CCOCC3)nc(-n3ccc(-c4cccc(C)c4)n3)nc2c1C(F)(F)F. The molecule has 202 valence electrons. The van der Waals surface area contributed by atoms with Gasteiger partial charge in [0.25, 0.3) is 5.95 Å². The molecule has 39 heavy (non-hydrogen) atoms. The Morgan fingerprint density at radius 3 is 2.62 bits per heavy atom. The van der Waals surface area contributed by atoms with Crippen molar-refractivity contribution in [1.82, 2.24) is 19.7 Å². The van der Waals surface area contributed by atoms with Crippen LogP contribution >= 0.6 is 0 Å². The van der Waals surface area contributed by atoms with E-state index in [1.807, 2.05) is 36.1 Å². The van der Waals surface area contributed by atoms with Crippen LogP contribution in [0.2, 0.25) is 0 Å². The van der Waals surface area contributed by atoms with E-state index in [0.29, 0.717) is 44.0 Å². The third kappa shape index (κ3) is 5.37. The van der Waals surface area contributed by atoms with E-state index in [0.717, 1.165) is 11.1 Å². The molecule has 1 aromatic carbocycles. The van der Waals surface area contributed by atoms with E-state index in [1.165, 1.54) is 4.68 Å². The molecule has 1 fully saturated rings. The molecule has 4 aromatic rings. The summed E-state index contributed by atoms with van der Waals surface area (Å²) in [5, 5.41) is 4.59. The van der Waals surface area contributed by atoms with Crippen LogP contribution in [0.25, 0.3) is 33.9 Å². The van der Waals surface area contributed by atoms with Crippen LogP contribution in [-0.2, 0) is 10.9 Å². The lowest BCUT2D eigenvalue weighted by Gasteiger charge is -2.27. The van der Waals surface area contributed by atoms with Crippen molar-refractivity contribution in [3.05, 3.63) is 84.3 Å². The van der Waals surface area contributed by atoms with Crippen LogP contribution < -0.4 is 4.90 Å². The number of fused-ring (bicyclic) bond motifs is 1. The minimum Gasteiger partial charge on any atom is -0.450 e. The second-order valence-corrected chi connectivity index (χ2v) is 9.11. The second kappa shape index (κ2) is 10.9. The topological polar surface area (TPSA) is 69.2 Å². The molecule has 0 amide bonds.